The molecular weight excluding hydrogens is 205 g/mol. The van der Waals surface area contributed by atoms with Gasteiger partial charge in [-0.2, -0.15) is 0 Å². The summed E-state index contributed by atoms with van der Waals surface area (Å²) in [5.74, 6) is 0.652. The van der Waals surface area contributed by atoms with Gasteiger partial charge in [0, 0.05) is 5.39 Å². The van der Waals surface area contributed by atoms with Crippen LogP contribution in [-0.4, -0.2) is 12.8 Å². The second kappa shape index (κ2) is 4.21. The molecule has 3 rings (SSSR count). The van der Waals surface area contributed by atoms with Gasteiger partial charge < -0.3 is 0 Å². The number of para-hydroxylation sites is 1. The summed E-state index contributed by atoms with van der Waals surface area (Å²) in [5.41, 5.74) is 3.39. The molecule has 1 heterocycles. The lowest BCUT2D eigenvalue weighted by Crippen LogP contribution is -1.95. The first kappa shape index (κ1) is 10.3. The molecule has 1 aromatic carbocycles. The minimum atomic E-state index is 0.652. The van der Waals surface area contributed by atoms with Gasteiger partial charge in [0.2, 0.25) is 0 Å². The van der Waals surface area contributed by atoms with E-state index < -0.39 is 0 Å². The molecule has 1 aromatic heterocycles. The Bertz CT molecular complexity index is 613. The van der Waals surface area contributed by atoms with Gasteiger partial charge in [0.1, 0.15) is 7.85 Å². The van der Waals surface area contributed by atoms with Crippen LogP contribution in [-0.2, 0) is 0 Å². The summed E-state index contributed by atoms with van der Waals surface area (Å²) < 4.78 is 0. The average molecular weight is 219 g/mol. The Labute approximate surface area is 102 Å². The van der Waals surface area contributed by atoms with E-state index >= 15 is 0 Å². The molecule has 0 radical (unpaired) electrons. The summed E-state index contributed by atoms with van der Waals surface area (Å²) in [4.78, 5) is 4.70. The third-order valence-electron chi connectivity index (χ3n) is 3.21. The molecule has 0 saturated heterocycles. The monoisotopic (exact) mass is 219 g/mol. The summed E-state index contributed by atoms with van der Waals surface area (Å²) in [6, 6.07) is 12.5. The van der Waals surface area contributed by atoms with E-state index in [2.05, 4.69) is 50.3 Å². The van der Waals surface area contributed by atoms with E-state index in [9.17, 15) is 0 Å². The van der Waals surface area contributed by atoms with Gasteiger partial charge in [-0.05, 0) is 29.9 Å². The zero-order chi connectivity index (χ0) is 11.7. The van der Waals surface area contributed by atoms with E-state index in [-0.39, 0.29) is 0 Å². The highest BCUT2D eigenvalue weighted by atomic mass is 14.7. The first-order valence-corrected chi connectivity index (χ1v) is 6.07. The molecule has 0 saturated carbocycles. The summed E-state index contributed by atoms with van der Waals surface area (Å²) in [5, 5.41) is 1.20. The van der Waals surface area contributed by atoms with Crippen molar-refractivity contribution < 1.29 is 0 Å². The molecule has 2 heteroatoms. The first-order valence-electron chi connectivity index (χ1n) is 6.07. The van der Waals surface area contributed by atoms with Crippen molar-refractivity contribution in [1.29, 1.82) is 0 Å². The Hall–Kier alpha value is -1.83. The van der Waals surface area contributed by atoms with Crippen molar-refractivity contribution in [2.75, 3.05) is 0 Å². The predicted molar refractivity (Wildman–Crippen MR) is 75.8 cm³/mol. The Morgan fingerprint density at radius 1 is 1.12 bits per heavy atom. The summed E-state index contributed by atoms with van der Waals surface area (Å²) in [7, 11) is 2.23. The lowest BCUT2D eigenvalue weighted by atomic mass is 9.80. The molecular formula is C15H14BN. The smallest absolute Gasteiger partial charge is 0.110 e. The van der Waals surface area contributed by atoms with Crippen LogP contribution in [0.3, 0.4) is 0 Å². The molecule has 0 spiro atoms. The highest BCUT2D eigenvalue weighted by Gasteiger charge is 2.07. The van der Waals surface area contributed by atoms with E-state index in [1.165, 1.54) is 11.0 Å². The number of hydrogen-bond acceptors (Lipinski definition) is 1. The zero-order valence-corrected chi connectivity index (χ0v) is 9.93. The van der Waals surface area contributed by atoms with E-state index in [4.69, 9.17) is 4.98 Å². The largest absolute Gasteiger partial charge is 0.248 e. The topological polar surface area (TPSA) is 12.9 Å². The van der Waals surface area contributed by atoms with Gasteiger partial charge in [0.25, 0.3) is 0 Å². The van der Waals surface area contributed by atoms with Gasteiger partial charge in [-0.3, -0.25) is 0 Å². The Kier molecular flexibility index (Phi) is 2.56. The molecule has 17 heavy (non-hydrogen) atoms. The molecule has 1 atom stereocenters. The highest BCUT2D eigenvalue weighted by molar-refractivity contribution is 6.13. The van der Waals surface area contributed by atoms with Crippen LogP contribution < -0.4 is 0 Å². The molecule has 1 aliphatic carbocycles. The van der Waals surface area contributed by atoms with Crippen molar-refractivity contribution in [3.8, 4) is 0 Å². The van der Waals surface area contributed by atoms with E-state index in [1.54, 1.807) is 0 Å². The van der Waals surface area contributed by atoms with Gasteiger partial charge in [0.05, 0.1) is 11.2 Å². The number of fused-ring (bicyclic) bond motifs is 1. The third-order valence-corrected chi connectivity index (χ3v) is 3.21. The van der Waals surface area contributed by atoms with Crippen LogP contribution in [0.25, 0.3) is 16.5 Å². The second-order valence-electron chi connectivity index (χ2n) is 4.62. The van der Waals surface area contributed by atoms with Gasteiger partial charge >= 0.3 is 0 Å². The second-order valence-corrected chi connectivity index (χ2v) is 4.62. The van der Waals surface area contributed by atoms with Crippen molar-refractivity contribution in [1.82, 2.24) is 4.98 Å². The highest BCUT2D eigenvalue weighted by Crippen LogP contribution is 2.25. The number of hydrogen-bond donors (Lipinski definition) is 0. The van der Waals surface area contributed by atoms with Gasteiger partial charge in [-0.1, -0.05) is 42.5 Å². The fraction of sp³-hybridized carbons (Fsp3) is 0.133. The summed E-state index contributed by atoms with van der Waals surface area (Å²) >= 11 is 0. The SMILES string of the molecule is BC1C=CC(c2ccc3ccccc3n2)=CC1. The van der Waals surface area contributed by atoms with Crippen LogP contribution in [0.2, 0.25) is 5.82 Å². The quantitative estimate of drug-likeness (QED) is 0.672. The standard InChI is InChI=1S/C15H14BN/c16-13-8-5-12(6-9-13)15-10-7-11-3-1-2-4-14(11)17-15/h1-8,10,13H,9,16H2. The Morgan fingerprint density at radius 2 is 2.00 bits per heavy atom. The molecule has 2 aromatic rings. The van der Waals surface area contributed by atoms with E-state index in [0.29, 0.717) is 5.82 Å². The van der Waals surface area contributed by atoms with Crippen molar-refractivity contribution in [3.05, 3.63) is 60.3 Å². The fourth-order valence-electron chi connectivity index (χ4n) is 2.14. The summed E-state index contributed by atoms with van der Waals surface area (Å²) in [6.07, 6.45) is 7.83. The minimum absolute atomic E-state index is 0.652. The molecule has 0 aliphatic heterocycles. The lowest BCUT2D eigenvalue weighted by Gasteiger charge is -2.11. The van der Waals surface area contributed by atoms with Crippen LogP contribution in [0.5, 0.6) is 0 Å². The molecule has 0 N–H and O–H groups in total. The Balaban J connectivity index is 2.04. The summed E-state index contributed by atoms with van der Waals surface area (Å²) in [6.45, 7) is 0. The molecule has 1 unspecified atom stereocenters. The van der Waals surface area contributed by atoms with Crippen LogP contribution >= 0.6 is 0 Å². The average Bonchev–Trinajstić information content (AvgIpc) is 2.39. The van der Waals surface area contributed by atoms with E-state index in [0.717, 1.165) is 17.6 Å². The number of rotatable bonds is 1. The molecule has 82 valence electrons. The fourth-order valence-corrected chi connectivity index (χ4v) is 2.14. The van der Waals surface area contributed by atoms with Crippen LogP contribution in [0.15, 0.2) is 54.6 Å². The number of nitrogens with zero attached hydrogens (tertiary/aromatic N) is 1. The number of allylic oxidation sites excluding steroid dienone is 4. The molecule has 0 amide bonds. The van der Waals surface area contributed by atoms with Crippen LogP contribution in [0.1, 0.15) is 12.1 Å². The number of aromatic nitrogens is 1. The maximum Gasteiger partial charge on any atom is 0.110 e. The van der Waals surface area contributed by atoms with Gasteiger partial charge in [0.15, 0.2) is 0 Å². The Morgan fingerprint density at radius 3 is 2.82 bits per heavy atom. The van der Waals surface area contributed by atoms with Crippen molar-refractivity contribution >= 4 is 24.3 Å². The normalized spacial score (nSPS) is 19.3. The maximum atomic E-state index is 4.70. The van der Waals surface area contributed by atoms with Crippen molar-refractivity contribution in [2.24, 2.45) is 0 Å². The van der Waals surface area contributed by atoms with E-state index in [1.807, 2.05) is 12.1 Å². The number of pyridine rings is 1. The first-order chi connectivity index (χ1) is 8.33. The number of benzene rings is 1. The minimum Gasteiger partial charge on any atom is -0.248 e. The zero-order valence-electron chi connectivity index (χ0n) is 9.93. The van der Waals surface area contributed by atoms with Crippen molar-refractivity contribution in [3.63, 3.8) is 0 Å². The lowest BCUT2D eigenvalue weighted by molar-refractivity contribution is 1.03. The van der Waals surface area contributed by atoms with Crippen LogP contribution in [0.4, 0.5) is 0 Å². The van der Waals surface area contributed by atoms with Crippen molar-refractivity contribution in [2.45, 2.75) is 12.2 Å². The van der Waals surface area contributed by atoms with Gasteiger partial charge in [-0.25, -0.2) is 4.98 Å². The molecule has 1 nitrogen and oxygen atoms in total. The predicted octanol–water partition coefficient (Wildman–Crippen LogP) is 3.00. The molecule has 0 bridgehead atoms. The maximum absolute atomic E-state index is 4.70. The van der Waals surface area contributed by atoms with Gasteiger partial charge in [-0.15, -0.1) is 0 Å². The molecule has 1 aliphatic rings. The molecule has 0 fully saturated rings. The van der Waals surface area contributed by atoms with Crippen LogP contribution in [0, 0.1) is 0 Å². The third kappa shape index (κ3) is 2.03.